The fraction of sp³-hybridized carbons (Fsp3) is 0.261. The topological polar surface area (TPSA) is 52.5 Å². The van der Waals surface area contributed by atoms with Gasteiger partial charge in [-0.1, -0.05) is 11.6 Å². The van der Waals surface area contributed by atoms with Crippen LogP contribution in [0, 0.1) is 13.8 Å². The van der Waals surface area contributed by atoms with Crippen molar-refractivity contribution in [1.82, 2.24) is 4.57 Å². The number of nitrogens with one attached hydrogen (secondary N) is 1. The Morgan fingerprint density at radius 1 is 1.03 bits per heavy atom. The molecule has 0 amide bonds. The molecule has 5 nitrogen and oxygen atoms in total. The fourth-order valence-corrected chi connectivity index (χ4v) is 3.58. The van der Waals surface area contributed by atoms with Gasteiger partial charge in [-0.15, -0.1) is 0 Å². The van der Waals surface area contributed by atoms with Crippen molar-refractivity contribution in [2.24, 2.45) is 0 Å². The molecule has 6 heteroatoms. The van der Waals surface area contributed by atoms with E-state index >= 15 is 0 Å². The minimum absolute atomic E-state index is 0.0104. The molecule has 1 atom stereocenters. The molecule has 1 heterocycles. The van der Waals surface area contributed by atoms with Gasteiger partial charge in [-0.2, -0.15) is 0 Å². The van der Waals surface area contributed by atoms with Gasteiger partial charge in [-0.05, 0) is 63.2 Å². The smallest absolute Gasteiger partial charge is 0.186 e. The third-order valence-electron chi connectivity index (χ3n) is 4.96. The molecule has 1 aromatic heterocycles. The summed E-state index contributed by atoms with van der Waals surface area (Å²) in [5.41, 5.74) is 4.28. The quantitative estimate of drug-likeness (QED) is 0.524. The largest absolute Gasteiger partial charge is 0.497 e. The number of hydrogen-bond acceptors (Lipinski definition) is 4. The molecule has 0 spiro atoms. The number of Topliss-reactive ketones (excluding diaryl/α,β-unsaturated/α-hetero) is 1. The van der Waals surface area contributed by atoms with Gasteiger partial charge in [0.05, 0.1) is 25.9 Å². The van der Waals surface area contributed by atoms with Crippen LogP contribution >= 0.6 is 11.6 Å². The number of anilines is 1. The van der Waals surface area contributed by atoms with Gasteiger partial charge in [0, 0.05) is 33.7 Å². The van der Waals surface area contributed by atoms with E-state index in [0.717, 1.165) is 22.8 Å². The fourth-order valence-electron chi connectivity index (χ4n) is 3.45. The van der Waals surface area contributed by atoms with Crippen LogP contribution in [0.3, 0.4) is 0 Å². The van der Waals surface area contributed by atoms with E-state index in [1.165, 1.54) is 0 Å². The second-order valence-electron chi connectivity index (χ2n) is 6.89. The van der Waals surface area contributed by atoms with Crippen molar-refractivity contribution in [2.75, 3.05) is 19.5 Å². The number of ether oxygens (including phenoxy) is 2. The molecule has 2 aromatic carbocycles. The van der Waals surface area contributed by atoms with Crippen LogP contribution in [0.1, 0.15) is 28.7 Å². The summed E-state index contributed by atoms with van der Waals surface area (Å²) in [6.45, 7) is 5.79. The minimum atomic E-state index is -0.434. The standard InChI is InChI=1S/C23H25ClN2O3/c1-14-12-20(16(3)26(14)18-8-6-17(24)7-9-18)23(27)15(2)25-21-11-10-19(28-4)13-22(21)29-5/h6-13,15,25H,1-5H3/t15-/m1/s1. The summed E-state index contributed by atoms with van der Waals surface area (Å²) in [7, 11) is 3.19. The zero-order valence-corrected chi connectivity index (χ0v) is 18.0. The van der Waals surface area contributed by atoms with Crippen molar-refractivity contribution in [1.29, 1.82) is 0 Å². The average molecular weight is 413 g/mol. The first kappa shape index (κ1) is 20.8. The van der Waals surface area contributed by atoms with Gasteiger partial charge in [-0.3, -0.25) is 4.79 Å². The van der Waals surface area contributed by atoms with Crippen LogP contribution in [-0.2, 0) is 0 Å². The molecule has 1 N–H and O–H groups in total. The van der Waals surface area contributed by atoms with Gasteiger partial charge in [-0.25, -0.2) is 0 Å². The van der Waals surface area contributed by atoms with Crippen molar-refractivity contribution >= 4 is 23.1 Å². The highest BCUT2D eigenvalue weighted by Crippen LogP contribution is 2.30. The number of nitrogens with zero attached hydrogens (tertiary/aromatic N) is 1. The maximum Gasteiger partial charge on any atom is 0.186 e. The first-order valence-electron chi connectivity index (χ1n) is 9.33. The van der Waals surface area contributed by atoms with Crippen LogP contribution in [0.25, 0.3) is 5.69 Å². The number of benzene rings is 2. The second kappa shape index (κ2) is 8.62. The molecular formula is C23H25ClN2O3. The Balaban J connectivity index is 1.87. The number of aromatic nitrogens is 1. The SMILES string of the molecule is COc1ccc(N[C@H](C)C(=O)c2cc(C)n(-c3ccc(Cl)cc3)c2C)c(OC)c1. The Morgan fingerprint density at radius 2 is 1.72 bits per heavy atom. The number of ketones is 1. The van der Waals surface area contributed by atoms with E-state index in [1.54, 1.807) is 20.3 Å². The molecule has 0 aliphatic heterocycles. The molecule has 0 radical (unpaired) electrons. The summed E-state index contributed by atoms with van der Waals surface area (Å²) in [5, 5.41) is 3.94. The van der Waals surface area contributed by atoms with Gasteiger partial charge in [0.25, 0.3) is 0 Å². The average Bonchev–Trinajstić information content (AvgIpc) is 3.02. The van der Waals surface area contributed by atoms with Crippen molar-refractivity contribution in [3.05, 3.63) is 70.5 Å². The lowest BCUT2D eigenvalue weighted by Gasteiger charge is -2.17. The zero-order chi connectivity index (χ0) is 21.1. The van der Waals surface area contributed by atoms with Gasteiger partial charge >= 0.3 is 0 Å². The van der Waals surface area contributed by atoms with Gasteiger partial charge < -0.3 is 19.4 Å². The number of methoxy groups -OCH3 is 2. The first-order chi connectivity index (χ1) is 13.8. The summed E-state index contributed by atoms with van der Waals surface area (Å²) in [5.74, 6) is 1.32. The number of hydrogen-bond donors (Lipinski definition) is 1. The number of halogens is 1. The van der Waals surface area contributed by atoms with Crippen molar-refractivity contribution in [2.45, 2.75) is 26.8 Å². The van der Waals surface area contributed by atoms with Crippen LogP contribution in [0.15, 0.2) is 48.5 Å². The molecule has 3 rings (SSSR count). The second-order valence-corrected chi connectivity index (χ2v) is 7.33. The monoisotopic (exact) mass is 412 g/mol. The molecule has 152 valence electrons. The molecule has 0 saturated heterocycles. The predicted octanol–water partition coefficient (Wildman–Crippen LogP) is 5.45. The number of aryl methyl sites for hydroxylation is 1. The lowest BCUT2D eigenvalue weighted by Crippen LogP contribution is -2.26. The Hall–Kier alpha value is -2.92. The van der Waals surface area contributed by atoms with Crippen molar-refractivity contribution in [3.8, 4) is 17.2 Å². The van der Waals surface area contributed by atoms with E-state index in [4.69, 9.17) is 21.1 Å². The summed E-state index contributed by atoms with van der Waals surface area (Å²) in [4.78, 5) is 13.2. The van der Waals surface area contributed by atoms with Crippen molar-refractivity contribution < 1.29 is 14.3 Å². The van der Waals surface area contributed by atoms with Crippen LogP contribution < -0.4 is 14.8 Å². The summed E-state index contributed by atoms with van der Waals surface area (Å²) in [6.07, 6.45) is 0. The van der Waals surface area contributed by atoms with Crippen LogP contribution in [0.4, 0.5) is 5.69 Å². The predicted molar refractivity (Wildman–Crippen MR) is 117 cm³/mol. The molecular weight excluding hydrogens is 388 g/mol. The van der Waals surface area contributed by atoms with Crippen LogP contribution in [0.2, 0.25) is 5.02 Å². The van der Waals surface area contributed by atoms with E-state index in [2.05, 4.69) is 9.88 Å². The van der Waals surface area contributed by atoms with Gasteiger partial charge in [0.1, 0.15) is 11.5 Å². The van der Waals surface area contributed by atoms with Gasteiger partial charge in [0.2, 0.25) is 0 Å². The molecule has 3 aromatic rings. The van der Waals surface area contributed by atoms with E-state index in [9.17, 15) is 4.79 Å². The highest BCUT2D eigenvalue weighted by molar-refractivity contribution is 6.30. The normalized spacial score (nSPS) is 11.8. The van der Waals surface area contributed by atoms with Gasteiger partial charge in [0.15, 0.2) is 5.78 Å². The number of carbonyl (C=O) groups excluding carboxylic acids is 1. The molecule has 29 heavy (non-hydrogen) atoms. The van der Waals surface area contributed by atoms with Crippen LogP contribution in [-0.4, -0.2) is 30.6 Å². The van der Waals surface area contributed by atoms with Crippen molar-refractivity contribution in [3.63, 3.8) is 0 Å². The molecule has 0 aliphatic carbocycles. The Kier molecular flexibility index (Phi) is 6.18. The Bertz CT molecular complexity index is 1030. The van der Waals surface area contributed by atoms with E-state index in [0.29, 0.717) is 22.1 Å². The summed E-state index contributed by atoms with van der Waals surface area (Å²) in [6, 6.07) is 14.5. The molecule has 0 aliphatic rings. The molecule has 0 unspecified atom stereocenters. The lowest BCUT2D eigenvalue weighted by atomic mass is 10.1. The lowest BCUT2D eigenvalue weighted by molar-refractivity contribution is 0.0975. The van der Waals surface area contributed by atoms with E-state index < -0.39 is 6.04 Å². The van der Waals surface area contributed by atoms with E-state index in [1.807, 2.05) is 63.2 Å². The maximum absolute atomic E-state index is 13.2. The van der Waals surface area contributed by atoms with E-state index in [-0.39, 0.29) is 5.78 Å². The Morgan fingerprint density at radius 3 is 2.34 bits per heavy atom. The highest BCUT2D eigenvalue weighted by Gasteiger charge is 2.22. The summed E-state index contributed by atoms with van der Waals surface area (Å²) >= 11 is 6.01. The first-order valence-corrected chi connectivity index (χ1v) is 9.71. The molecule has 0 saturated carbocycles. The third kappa shape index (κ3) is 4.25. The molecule has 0 fully saturated rings. The number of rotatable bonds is 7. The minimum Gasteiger partial charge on any atom is -0.497 e. The zero-order valence-electron chi connectivity index (χ0n) is 17.2. The molecule has 0 bridgehead atoms. The Labute approximate surface area is 176 Å². The van der Waals surface area contributed by atoms with Crippen LogP contribution in [0.5, 0.6) is 11.5 Å². The number of carbonyl (C=O) groups is 1. The highest BCUT2D eigenvalue weighted by atomic mass is 35.5. The maximum atomic E-state index is 13.2. The third-order valence-corrected chi connectivity index (χ3v) is 5.21. The summed E-state index contributed by atoms with van der Waals surface area (Å²) < 4.78 is 12.7.